The maximum atomic E-state index is 12.7. The SMILES string of the molecule is CCOC(=O)c1c(NC(=O)[C@@H]2C[C@H]3CC[C@@H]2C3)sc(C(C)=O)c1C. The van der Waals surface area contributed by atoms with Gasteiger partial charge >= 0.3 is 5.97 Å². The van der Waals surface area contributed by atoms with Crippen molar-refractivity contribution in [2.45, 2.75) is 46.5 Å². The highest BCUT2D eigenvalue weighted by atomic mass is 32.1. The Bertz CT molecular complexity index is 693. The summed E-state index contributed by atoms with van der Waals surface area (Å²) < 4.78 is 5.10. The number of rotatable bonds is 5. The fourth-order valence-corrected chi connectivity index (χ4v) is 5.25. The third kappa shape index (κ3) is 2.99. The highest BCUT2D eigenvalue weighted by Gasteiger charge is 2.43. The summed E-state index contributed by atoms with van der Waals surface area (Å²) in [5.74, 6) is 0.555. The van der Waals surface area contributed by atoms with Gasteiger partial charge < -0.3 is 10.1 Å². The highest BCUT2D eigenvalue weighted by Crippen LogP contribution is 2.49. The Hall–Kier alpha value is -1.69. The van der Waals surface area contributed by atoms with Gasteiger partial charge in [-0.05, 0) is 57.4 Å². The van der Waals surface area contributed by atoms with Crippen LogP contribution in [0.15, 0.2) is 0 Å². The smallest absolute Gasteiger partial charge is 0.341 e. The van der Waals surface area contributed by atoms with E-state index in [9.17, 15) is 14.4 Å². The fraction of sp³-hybridized carbons (Fsp3) is 0.611. The molecule has 3 atom stereocenters. The Morgan fingerprint density at radius 2 is 2.00 bits per heavy atom. The van der Waals surface area contributed by atoms with E-state index in [1.807, 2.05) is 0 Å². The molecule has 0 spiro atoms. The van der Waals surface area contributed by atoms with Gasteiger partial charge in [-0.3, -0.25) is 9.59 Å². The Kier molecular flexibility index (Phi) is 4.76. The summed E-state index contributed by atoms with van der Waals surface area (Å²) in [5.41, 5.74) is 0.915. The van der Waals surface area contributed by atoms with E-state index in [1.54, 1.807) is 13.8 Å². The van der Waals surface area contributed by atoms with Gasteiger partial charge in [-0.25, -0.2) is 4.79 Å². The van der Waals surface area contributed by atoms with Crippen molar-refractivity contribution in [1.29, 1.82) is 0 Å². The summed E-state index contributed by atoms with van der Waals surface area (Å²) in [6, 6.07) is 0. The maximum absolute atomic E-state index is 12.7. The predicted octanol–water partition coefficient (Wildman–Crippen LogP) is 3.81. The molecule has 0 saturated heterocycles. The molecule has 1 amide bonds. The van der Waals surface area contributed by atoms with Crippen LogP contribution in [0.3, 0.4) is 0 Å². The van der Waals surface area contributed by atoms with E-state index < -0.39 is 5.97 Å². The lowest BCUT2D eigenvalue weighted by Gasteiger charge is -2.20. The molecule has 1 heterocycles. The first kappa shape index (κ1) is 17.1. The van der Waals surface area contributed by atoms with Crippen LogP contribution in [-0.4, -0.2) is 24.3 Å². The van der Waals surface area contributed by atoms with Crippen LogP contribution in [0.25, 0.3) is 0 Å². The first-order chi connectivity index (χ1) is 11.4. The van der Waals surface area contributed by atoms with E-state index in [2.05, 4.69) is 5.32 Å². The molecule has 2 saturated carbocycles. The van der Waals surface area contributed by atoms with Crippen molar-refractivity contribution < 1.29 is 19.1 Å². The molecule has 1 aromatic heterocycles. The van der Waals surface area contributed by atoms with Crippen LogP contribution in [0.5, 0.6) is 0 Å². The number of hydrogen-bond acceptors (Lipinski definition) is 5. The molecule has 0 aromatic carbocycles. The Morgan fingerprint density at radius 1 is 1.25 bits per heavy atom. The number of ketones is 1. The second kappa shape index (κ2) is 6.67. The minimum absolute atomic E-state index is 0.0240. The molecular weight excluding hydrogens is 326 g/mol. The van der Waals surface area contributed by atoms with Crippen molar-refractivity contribution in [1.82, 2.24) is 0 Å². The van der Waals surface area contributed by atoms with Crippen LogP contribution in [-0.2, 0) is 9.53 Å². The van der Waals surface area contributed by atoms with Gasteiger partial charge in [-0.15, -0.1) is 11.3 Å². The number of fused-ring (bicyclic) bond motifs is 2. The number of thiophene rings is 1. The molecule has 0 aliphatic heterocycles. The molecule has 1 aromatic rings. The normalized spacial score (nSPS) is 24.9. The second-order valence-corrected chi connectivity index (χ2v) is 7.83. The van der Waals surface area contributed by atoms with Crippen LogP contribution in [0.2, 0.25) is 0 Å². The van der Waals surface area contributed by atoms with Crippen molar-refractivity contribution >= 4 is 34.0 Å². The monoisotopic (exact) mass is 349 g/mol. The number of amides is 1. The van der Waals surface area contributed by atoms with E-state index in [4.69, 9.17) is 4.74 Å². The van der Waals surface area contributed by atoms with Crippen LogP contribution in [0.4, 0.5) is 5.00 Å². The average molecular weight is 349 g/mol. The van der Waals surface area contributed by atoms with Crippen molar-refractivity contribution in [2.75, 3.05) is 11.9 Å². The third-order valence-electron chi connectivity index (χ3n) is 5.26. The molecule has 24 heavy (non-hydrogen) atoms. The number of nitrogens with one attached hydrogen (secondary N) is 1. The van der Waals surface area contributed by atoms with E-state index in [0.717, 1.165) is 19.3 Å². The van der Waals surface area contributed by atoms with Crippen molar-refractivity contribution in [3.05, 3.63) is 16.0 Å². The van der Waals surface area contributed by atoms with Crippen LogP contribution >= 0.6 is 11.3 Å². The van der Waals surface area contributed by atoms with Crippen molar-refractivity contribution in [3.8, 4) is 0 Å². The maximum Gasteiger partial charge on any atom is 0.341 e. The lowest BCUT2D eigenvalue weighted by Crippen LogP contribution is -2.27. The van der Waals surface area contributed by atoms with Gasteiger partial charge in [-0.2, -0.15) is 0 Å². The van der Waals surface area contributed by atoms with Crippen molar-refractivity contribution in [3.63, 3.8) is 0 Å². The van der Waals surface area contributed by atoms with Gasteiger partial charge in [0.15, 0.2) is 5.78 Å². The number of ether oxygens (including phenoxy) is 1. The first-order valence-electron chi connectivity index (χ1n) is 8.54. The summed E-state index contributed by atoms with van der Waals surface area (Å²) in [4.78, 5) is 37.3. The molecule has 5 nitrogen and oxygen atoms in total. The predicted molar refractivity (Wildman–Crippen MR) is 92.6 cm³/mol. The van der Waals surface area contributed by atoms with Gasteiger partial charge in [0.1, 0.15) is 5.00 Å². The average Bonchev–Trinajstić information content (AvgIpc) is 3.21. The van der Waals surface area contributed by atoms with Crippen LogP contribution in [0.1, 0.15) is 65.1 Å². The van der Waals surface area contributed by atoms with Gasteiger partial charge in [0.25, 0.3) is 0 Å². The second-order valence-electron chi connectivity index (χ2n) is 6.81. The number of hydrogen-bond donors (Lipinski definition) is 1. The molecule has 6 heteroatoms. The summed E-state index contributed by atoms with van der Waals surface area (Å²) in [6.45, 7) is 5.18. The van der Waals surface area contributed by atoms with E-state index in [0.29, 0.717) is 32.8 Å². The minimum atomic E-state index is -0.484. The highest BCUT2D eigenvalue weighted by molar-refractivity contribution is 7.18. The fourth-order valence-electron chi connectivity index (χ4n) is 4.16. The van der Waals surface area contributed by atoms with Crippen LogP contribution in [0, 0.1) is 24.7 Å². The quantitative estimate of drug-likeness (QED) is 0.648. The molecule has 2 bridgehead atoms. The minimum Gasteiger partial charge on any atom is -0.462 e. The Labute approximate surface area is 145 Å². The van der Waals surface area contributed by atoms with E-state index in [1.165, 1.54) is 24.7 Å². The molecule has 130 valence electrons. The number of carbonyl (C=O) groups excluding carboxylic acids is 3. The number of anilines is 1. The topological polar surface area (TPSA) is 72.5 Å². The third-order valence-corrected chi connectivity index (χ3v) is 6.57. The lowest BCUT2D eigenvalue weighted by atomic mass is 9.88. The van der Waals surface area contributed by atoms with Crippen molar-refractivity contribution in [2.24, 2.45) is 17.8 Å². The largest absolute Gasteiger partial charge is 0.462 e. The van der Waals surface area contributed by atoms with Gasteiger partial charge in [0.05, 0.1) is 17.0 Å². The number of carbonyl (C=O) groups is 3. The van der Waals surface area contributed by atoms with Crippen LogP contribution < -0.4 is 5.32 Å². The Balaban J connectivity index is 1.86. The zero-order valence-electron chi connectivity index (χ0n) is 14.3. The molecule has 3 rings (SSSR count). The van der Waals surface area contributed by atoms with Gasteiger partial charge in [0.2, 0.25) is 5.91 Å². The van der Waals surface area contributed by atoms with E-state index >= 15 is 0 Å². The van der Waals surface area contributed by atoms with E-state index in [-0.39, 0.29) is 24.2 Å². The summed E-state index contributed by atoms with van der Waals surface area (Å²) in [7, 11) is 0. The molecule has 0 unspecified atom stereocenters. The molecule has 2 fully saturated rings. The van der Waals surface area contributed by atoms with Gasteiger partial charge in [0, 0.05) is 5.92 Å². The molecule has 1 N–H and O–H groups in total. The summed E-state index contributed by atoms with van der Waals surface area (Å²) >= 11 is 1.17. The molecule has 0 radical (unpaired) electrons. The molecular formula is C18H23NO4S. The standard InChI is InChI=1S/C18H23NO4S/c1-4-23-18(22)14-9(2)15(10(3)20)24-17(14)19-16(21)13-8-11-5-6-12(13)7-11/h11-13H,4-8H2,1-3H3,(H,19,21)/t11-,12+,13+/m0/s1. The zero-order valence-corrected chi connectivity index (χ0v) is 15.1. The summed E-state index contributed by atoms with van der Waals surface area (Å²) in [6.07, 6.45) is 4.44. The first-order valence-corrected chi connectivity index (χ1v) is 9.36. The molecule has 2 aliphatic carbocycles. The Morgan fingerprint density at radius 3 is 2.54 bits per heavy atom. The lowest BCUT2D eigenvalue weighted by molar-refractivity contribution is -0.121. The number of Topliss-reactive ketones (excluding diaryl/α,β-unsaturated/α-hetero) is 1. The zero-order chi connectivity index (χ0) is 17.4. The molecule has 2 aliphatic rings. The van der Waals surface area contributed by atoms with Gasteiger partial charge in [-0.1, -0.05) is 6.42 Å². The summed E-state index contributed by atoms with van der Waals surface area (Å²) in [5, 5.41) is 3.37. The number of esters is 1.